The van der Waals surface area contributed by atoms with E-state index in [2.05, 4.69) is 10.1 Å². The van der Waals surface area contributed by atoms with Gasteiger partial charge in [-0.25, -0.2) is 4.39 Å². The highest BCUT2D eigenvalue weighted by atomic mass is 32.1. The number of aromatic nitrogens is 2. The van der Waals surface area contributed by atoms with Crippen LogP contribution in [0.25, 0.3) is 11.4 Å². The quantitative estimate of drug-likeness (QED) is 0.679. The fraction of sp³-hybridized carbons (Fsp3) is 0.235. The third kappa shape index (κ3) is 3.68. The van der Waals surface area contributed by atoms with E-state index in [1.807, 2.05) is 23.8 Å². The zero-order chi connectivity index (χ0) is 16.9. The molecule has 2 heterocycles. The van der Waals surface area contributed by atoms with Crippen LogP contribution in [0.3, 0.4) is 0 Å². The minimum Gasteiger partial charge on any atom is -0.339 e. The Balaban J connectivity index is 1.63. The number of carbonyl (C=O) groups excluding carboxylic acids is 1. The molecule has 0 atom stereocenters. The molecule has 7 heteroatoms. The lowest BCUT2D eigenvalue weighted by Crippen LogP contribution is -2.30. The molecule has 0 aliphatic rings. The van der Waals surface area contributed by atoms with Gasteiger partial charge in [0.25, 0.3) is 0 Å². The molecule has 1 aromatic carbocycles. The summed E-state index contributed by atoms with van der Waals surface area (Å²) in [4.78, 5) is 18.3. The fourth-order valence-electron chi connectivity index (χ4n) is 2.34. The third-order valence-electron chi connectivity index (χ3n) is 3.56. The summed E-state index contributed by atoms with van der Waals surface area (Å²) in [5.74, 6) is 0.567. The Hall–Kier alpha value is -2.54. The summed E-state index contributed by atoms with van der Waals surface area (Å²) in [5.41, 5.74) is 1.58. The molecule has 0 fully saturated rings. The number of hydrogen-bond donors (Lipinski definition) is 0. The lowest BCUT2D eigenvalue weighted by atomic mass is 10.2. The predicted molar refractivity (Wildman–Crippen MR) is 90.4 cm³/mol. The summed E-state index contributed by atoms with van der Waals surface area (Å²) in [6.07, 6.45) is 0.615. The van der Waals surface area contributed by atoms with Crippen molar-refractivity contribution >= 4 is 22.9 Å². The number of hydrogen-bond acceptors (Lipinski definition) is 5. The molecule has 124 valence electrons. The molecule has 0 radical (unpaired) electrons. The monoisotopic (exact) mass is 345 g/mol. The number of halogens is 1. The molecule has 0 aliphatic heterocycles. The van der Waals surface area contributed by atoms with Crippen LogP contribution >= 0.6 is 11.3 Å². The standard InChI is InChI=1S/C17H16FN3O2S/c1-2-21(14-5-3-13(18)4-6-14)16(22)8-7-15-19-17(20-23-15)12-9-10-24-11-12/h3-6,9-11H,2,7-8H2,1H3. The van der Waals surface area contributed by atoms with Gasteiger partial charge in [0.2, 0.25) is 17.6 Å². The van der Waals surface area contributed by atoms with Crippen molar-refractivity contribution in [2.24, 2.45) is 0 Å². The Morgan fingerprint density at radius 3 is 2.75 bits per heavy atom. The van der Waals surface area contributed by atoms with E-state index in [9.17, 15) is 9.18 Å². The van der Waals surface area contributed by atoms with E-state index >= 15 is 0 Å². The maximum absolute atomic E-state index is 13.0. The van der Waals surface area contributed by atoms with Crippen molar-refractivity contribution in [1.82, 2.24) is 10.1 Å². The Morgan fingerprint density at radius 1 is 1.29 bits per heavy atom. The predicted octanol–water partition coefficient (Wildman–Crippen LogP) is 3.92. The van der Waals surface area contributed by atoms with Crippen LogP contribution in [-0.4, -0.2) is 22.6 Å². The Labute approximate surface area is 142 Å². The highest BCUT2D eigenvalue weighted by Crippen LogP contribution is 2.20. The van der Waals surface area contributed by atoms with Crippen LogP contribution in [0.1, 0.15) is 19.2 Å². The van der Waals surface area contributed by atoms with Crippen LogP contribution in [0.15, 0.2) is 45.6 Å². The number of nitrogens with zero attached hydrogens (tertiary/aromatic N) is 3. The summed E-state index contributed by atoms with van der Waals surface area (Å²) >= 11 is 1.56. The van der Waals surface area contributed by atoms with Gasteiger partial charge in [-0.05, 0) is 42.6 Å². The van der Waals surface area contributed by atoms with E-state index in [0.29, 0.717) is 30.4 Å². The summed E-state index contributed by atoms with van der Waals surface area (Å²) in [5, 5.41) is 7.80. The third-order valence-corrected chi connectivity index (χ3v) is 4.24. The van der Waals surface area contributed by atoms with Crippen LogP contribution in [0.4, 0.5) is 10.1 Å². The first-order valence-electron chi connectivity index (χ1n) is 7.58. The van der Waals surface area contributed by atoms with E-state index in [0.717, 1.165) is 5.56 Å². The van der Waals surface area contributed by atoms with E-state index in [1.54, 1.807) is 28.4 Å². The average Bonchev–Trinajstić information content (AvgIpc) is 3.26. The van der Waals surface area contributed by atoms with Crippen molar-refractivity contribution in [2.45, 2.75) is 19.8 Å². The normalized spacial score (nSPS) is 10.8. The number of benzene rings is 1. The number of thiophene rings is 1. The van der Waals surface area contributed by atoms with Crippen LogP contribution in [-0.2, 0) is 11.2 Å². The second-order valence-corrected chi connectivity index (χ2v) is 5.92. The largest absolute Gasteiger partial charge is 0.339 e. The number of amides is 1. The van der Waals surface area contributed by atoms with Gasteiger partial charge in [-0.1, -0.05) is 5.16 Å². The molecule has 24 heavy (non-hydrogen) atoms. The summed E-state index contributed by atoms with van der Waals surface area (Å²) in [7, 11) is 0. The first kappa shape index (κ1) is 16.3. The van der Waals surface area contributed by atoms with Crippen molar-refractivity contribution in [2.75, 3.05) is 11.4 Å². The molecule has 3 aromatic rings. The number of carbonyl (C=O) groups is 1. The maximum atomic E-state index is 13.0. The second kappa shape index (κ2) is 7.35. The molecular formula is C17H16FN3O2S. The topological polar surface area (TPSA) is 59.2 Å². The lowest BCUT2D eigenvalue weighted by molar-refractivity contribution is -0.118. The second-order valence-electron chi connectivity index (χ2n) is 5.14. The molecule has 0 spiro atoms. The Morgan fingerprint density at radius 2 is 2.08 bits per heavy atom. The zero-order valence-electron chi connectivity index (χ0n) is 13.1. The molecule has 2 aromatic heterocycles. The molecule has 0 saturated carbocycles. The molecule has 5 nitrogen and oxygen atoms in total. The van der Waals surface area contributed by atoms with Crippen LogP contribution in [0, 0.1) is 5.82 Å². The van der Waals surface area contributed by atoms with Gasteiger partial charge >= 0.3 is 0 Å². The number of rotatable bonds is 6. The van der Waals surface area contributed by atoms with Gasteiger partial charge in [0.15, 0.2) is 0 Å². The van der Waals surface area contributed by atoms with Gasteiger partial charge in [0.1, 0.15) is 5.82 Å². The first-order chi connectivity index (χ1) is 11.7. The molecular weight excluding hydrogens is 329 g/mol. The Bertz CT molecular complexity index is 800. The molecule has 0 aliphatic carbocycles. The van der Waals surface area contributed by atoms with Crippen molar-refractivity contribution in [3.8, 4) is 11.4 Å². The van der Waals surface area contributed by atoms with Gasteiger partial charge in [-0.3, -0.25) is 4.79 Å². The lowest BCUT2D eigenvalue weighted by Gasteiger charge is -2.20. The molecule has 3 rings (SSSR count). The maximum Gasteiger partial charge on any atom is 0.227 e. The molecule has 0 bridgehead atoms. The van der Waals surface area contributed by atoms with E-state index < -0.39 is 0 Å². The highest BCUT2D eigenvalue weighted by molar-refractivity contribution is 7.08. The minimum atomic E-state index is -0.325. The SMILES string of the molecule is CCN(C(=O)CCc1nc(-c2ccsc2)no1)c1ccc(F)cc1. The summed E-state index contributed by atoms with van der Waals surface area (Å²) < 4.78 is 18.2. The van der Waals surface area contributed by atoms with Crippen molar-refractivity contribution in [1.29, 1.82) is 0 Å². The van der Waals surface area contributed by atoms with Gasteiger partial charge in [0, 0.05) is 36.0 Å². The smallest absolute Gasteiger partial charge is 0.227 e. The van der Waals surface area contributed by atoms with Gasteiger partial charge in [-0.2, -0.15) is 16.3 Å². The highest BCUT2D eigenvalue weighted by Gasteiger charge is 2.16. The van der Waals surface area contributed by atoms with Crippen molar-refractivity contribution < 1.29 is 13.7 Å². The van der Waals surface area contributed by atoms with E-state index in [1.165, 1.54) is 12.1 Å². The molecule has 0 N–H and O–H groups in total. The van der Waals surface area contributed by atoms with Gasteiger partial charge in [-0.15, -0.1) is 0 Å². The van der Waals surface area contributed by atoms with E-state index in [-0.39, 0.29) is 18.1 Å². The van der Waals surface area contributed by atoms with Gasteiger partial charge in [0.05, 0.1) is 0 Å². The number of anilines is 1. The van der Waals surface area contributed by atoms with Crippen LogP contribution in [0.5, 0.6) is 0 Å². The van der Waals surface area contributed by atoms with E-state index in [4.69, 9.17) is 4.52 Å². The summed E-state index contributed by atoms with van der Waals surface area (Å²) in [6, 6.07) is 7.79. The molecule has 0 unspecified atom stereocenters. The fourth-order valence-corrected chi connectivity index (χ4v) is 2.97. The number of aryl methyl sites for hydroxylation is 1. The van der Waals surface area contributed by atoms with Gasteiger partial charge < -0.3 is 9.42 Å². The average molecular weight is 345 g/mol. The molecule has 1 amide bonds. The minimum absolute atomic E-state index is 0.0700. The Kier molecular flexibility index (Phi) is 5.00. The van der Waals surface area contributed by atoms with Crippen molar-refractivity contribution in [3.63, 3.8) is 0 Å². The summed E-state index contributed by atoms with van der Waals surface area (Å²) in [6.45, 7) is 2.39. The van der Waals surface area contributed by atoms with Crippen molar-refractivity contribution in [3.05, 3.63) is 52.8 Å². The molecule has 0 saturated heterocycles. The van der Waals surface area contributed by atoms with Crippen LogP contribution in [0.2, 0.25) is 0 Å². The van der Waals surface area contributed by atoms with Crippen LogP contribution < -0.4 is 4.90 Å². The zero-order valence-corrected chi connectivity index (χ0v) is 13.9. The first-order valence-corrected chi connectivity index (χ1v) is 8.52.